The van der Waals surface area contributed by atoms with E-state index in [0.717, 1.165) is 5.92 Å². The minimum absolute atomic E-state index is 0.0882. The molecular formula is C12H23NO. The highest BCUT2D eigenvalue weighted by molar-refractivity contribution is 5.80. The number of hydrogen-bond donors (Lipinski definition) is 0. The van der Waals surface area contributed by atoms with Gasteiger partial charge in [-0.2, -0.15) is 0 Å². The van der Waals surface area contributed by atoms with E-state index < -0.39 is 0 Å². The van der Waals surface area contributed by atoms with Crippen LogP contribution in [0.15, 0.2) is 0 Å². The zero-order valence-electron chi connectivity index (χ0n) is 9.92. The molecule has 0 heterocycles. The van der Waals surface area contributed by atoms with Crippen molar-refractivity contribution in [3.05, 3.63) is 0 Å². The second-order valence-electron chi connectivity index (χ2n) is 4.88. The SMILES string of the molecule is CC(=O)C(C)N(C)C1CCCC(C)C1. The Hall–Kier alpha value is -0.370. The molecule has 0 aromatic rings. The molecule has 0 saturated heterocycles. The number of ketones is 1. The van der Waals surface area contributed by atoms with Crippen LogP contribution >= 0.6 is 0 Å². The van der Waals surface area contributed by atoms with Crippen LogP contribution in [-0.2, 0) is 4.79 Å². The summed E-state index contributed by atoms with van der Waals surface area (Å²) in [7, 11) is 2.09. The van der Waals surface area contributed by atoms with Crippen LogP contribution in [0.4, 0.5) is 0 Å². The van der Waals surface area contributed by atoms with Gasteiger partial charge in [-0.25, -0.2) is 0 Å². The van der Waals surface area contributed by atoms with E-state index in [1.54, 1.807) is 6.92 Å². The van der Waals surface area contributed by atoms with Crippen molar-refractivity contribution in [2.45, 2.75) is 58.5 Å². The van der Waals surface area contributed by atoms with Gasteiger partial charge in [0.25, 0.3) is 0 Å². The van der Waals surface area contributed by atoms with Gasteiger partial charge in [-0.05, 0) is 39.7 Å². The van der Waals surface area contributed by atoms with Gasteiger partial charge in [-0.3, -0.25) is 9.69 Å². The minimum atomic E-state index is 0.0882. The Morgan fingerprint density at radius 1 is 1.43 bits per heavy atom. The molecule has 1 rings (SSSR count). The monoisotopic (exact) mass is 197 g/mol. The van der Waals surface area contributed by atoms with Gasteiger partial charge in [-0.1, -0.05) is 19.8 Å². The molecule has 0 amide bonds. The Bertz CT molecular complexity index is 202. The fraction of sp³-hybridized carbons (Fsp3) is 0.917. The molecule has 14 heavy (non-hydrogen) atoms. The zero-order valence-corrected chi connectivity index (χ0v) is 9.92. The highest BCUT2D eigenvalue weighted by Crippen LogP contribution is 2.27. The van der Waals surface area contributed by atoms with E-state index in [9.17, 15) is 4.79 Å². The Morgan fingerprint density at radius 2 is 2.07 bits per heavy atom. The minimum Gasteiger partial charge on any atom is -0.298 e. The number of hydrogen-bond acceptors (Lipinski definition) is 2. The van der Waals surface area contributed by atoms with Gasteiger partial charge in [0, 0.05) is 6.04 Å². The van der Waals surface area contributed by atoms with Gasteiger partial charge in [0.1, 0.15) is 5.78 Å². The van der Waals surface area contributed by atoms with Gasteiger partial charge in [-0.15, -0.1) is 0 Å². The quantitative estimate of drug-likeness (QED) is 0.692. The molecule has 82 valence electrons. The predicted octanol–water partition coefficient (Wildman–Crippen LogP) is 2.47. The summed E-state index contributed by atoms with van der Waals surface area (Å²) in [6, 6.07) is 0.711. The molecule has 0 aromatic carbocycles. The zero-order chi connectivity index (χ0) is 10.7. The van der Waals surface area contributed by atoms with Crippen LogP contribution in [0.1, 0.15) is 46.5 Å². The lowest BCUT2D eigenvalue weighted by molar-refractivity contribution is -0.122. The number of rotatable bonds is 3. The van der Waals surface area contributed by atoms with Crippen LogP contribution in [0.5, 0.6) is 0 Å². The van der Waals surface area contributed by atoms with E-state index >= 15 is 0 Å². The molecule has 1 fully saturated rings. The van der Waals surface area contributed by atoms with Crippen molar-refractivity contribution >= 4 is 5.78 Å². The van der Waals surface area contributed by atoms with Crippen molar-refractivity contribution in [2.75, 3.05) is 7.05 Å². The number of carbonyl (C=O) groups is 1. The third-order valence-corrected chi connectivity index (χ3v) is 3.68. The van der Waals surface area contributed by atoms with Crippen LogP contribution in [0.2, 0.25) is 0 Å². The van der Waals surface area contributed by atoms with Crippen molar-refractivity contribution in [3.8, 4) is 0 Å². The van der Waals surface area contributed by atoms with Crippen LogP contribution in [-0.4, -0.2) is 29.8 Å². The highest BCUT2D eigenvalue weighted by atomic mass is 16.1. The molecule has 1 aliphatic carbocycles. The molecule has 0 spiro atoms. The molecule has 0 radical (unpaired) electrons. The summed E-state index contributed by atoms with van der Waals surface area (Å²) in [6.07, 6.45) is 5.20. The Kier molecular flexibility index (Phi) is 4.11. The topological polar surface area (TPSA) is 20.3 Å². The second-order valence-corrected chi connectivity index (χ2v) is 4.88. The number of likely N-dealkylation sites (N-methyl/N-ethyl adjacent to an activating group) is 1. The largest absolute Gasteiger partial charge is 0.298 e. The fourth-order valence-electron chi connectivity index (χ4n) is 2.38. The second kappa shape index (κ2) is 4.92. The number of nitrogens with zero attached hydrogens (tertiary/aromatic N) is 1. The molecule has 2 nitrogen and oxygen atoms in total. The van der Waals surface area contributed by atoms with E-state index in [0.29, 0.717) is 6.04 Å². The van der Waals surface area contributed by atoms with E-state index in [2.05, 4.69) is 18.9 Å². The van der Waals surface area contributed by atoms with E-state index in [1.165, 1.54) is 25.7 Å². The van der Waals surface area contributed by atoms with Crippen LogP contribution in [0.25, 0.3) is 0 Å². The summed E-state index contributed by atoms with van der Waals surface area (Å²) in [6.45, 7) is 6.02. The molecule has 2 heteroatoms. The van der Waals surface area contributed by atoms with Crippen molar-refractivity contribution < 1.29 is 4.79 Å². The summed E-state index contributed by atoms with van der Waals surface area (Å²) >= 11 is 0. The summed E-state index contributed by atoms with van der Waals surface area (Å²) in [5, 5.41) is 0. The lowest BCUT2D eigenvalue weighted by Crippen LogP contribution is -2.44. The van der Waals surface area contributed by atoms with Gasteiger partial charge in [0.15, 0.2) is 0 Å². The molecule has 0 aromatic heterocycles. The first-order valence-corrected chi connectivity index (χ1v) is 5.74. The maximum atomic E-state index is 11.3. The average Bonchev–Trinajstić information content (AvgIpc) is 2.15. The number of carbonyl (C=O) groups excluding carboxylic acids is 1. The standard InChI is InChI=1S/C12H23NO/c1-9-6-5-7-12(8-9)13(4)10(2)11(3)14/h9-10,12H,5-8H2,1-4H3. The van der Waals surface area contributed by atoms with Crippen molar-refractivity contribution in [2.24, 2.45) is 5.92 Å². The van der Waals surface area contributed by atoms with Crippen molar-refractivity contribution in [1.82, 2.24) is 4.90 Å². The molecule has 0 N–H and O–H groups in total. The Balaban J connectivity index is 2.50. The fourth-order valence-corrected chi connectivity index (χ4v) is 2.38. The lowest BCUT2D eigenvalue weighted by Gasteiger charge is -2.36. The Labute approximate surface area is 87.7 Å². The van der Waals surface area contributed by atoms with Crippen molar-refractivity contribution in [3.63, 3.8) is 0 Å². The van der Waals surface area contributed by atoms with E-state index in [-0.39, 0.29) is 11.8 Å². The lowest BCUT2D eigenvalue weighted by atomic mass is 9.86. The number of Topliss-reactive ketones (excluding diaryl/α,β-unsaturated/α-hetero) is 1. The summed E-state index contributed by atoms with van der Waals surface area (Å²) < 4.78 is 0. The van der Waals surface area contributed by atoms with Crippen molar-refractivity contribution in [1.29, 1.82) is 0 Å². The third-order valence-electron chi connectivity index (χ3n) is 3.68. The van der Waals surface area contributed by atoms with E-state index in [4.69, 9.17) is 0 Å². The summed E-state index contributed by atoms with van der Waals surface area (Å²) in [5.41, 5.74) is 0. The molecule has 3 atom stereocenters. The maximum Gasteiger partial charge on any atom is 0.146 e. The van der Waals surface area contributed by atoms with Gasteiger partial charge < -0.3 is 0 Å². The first-order valence-electron chi connectivity index (χ1n) is 5.74. The van der Waals surface area contributed by atoms with Gasteiger partial charge >= 0.3 is 0 Å². The average molecular weight is 197 g/mol. The van der Waals surface area contributed by atoms with Gasteiger partial charge in [0.05, 0.1) is 6.04 Å². The van der Waals surface area contributed by atoms with Crippen LogP contribution in [0, 0.1) is 5.92 Å². The summed E-state index contributed by atoms with van der Waals surface area (Å²) in [4.78, 5) is 13.5. The normalized spacial score (nSPS) is 30.4. The molecule has 3 unspecified atom stereocenters. The molecule has 0 bridgehead atoms. The first kappa shape index (κ1) is 11.7. The van der Waals surface area contributed by atoms with Crippen LogP contribution < -0.4 is 0 Å². The molecule has 0 aliphatic heterocycles. The molecule has 1 saturated carbocycles. The van der Waals surface area contributed by atoms with Crippen LogP contribution in [0.3, 0.4) is 0 Å². The van der Waals surface area contributed by atoms with E-state index in [1.807, 2.05) is 6.92 Å². The summed E-state index contributed by atoms with van der Waals surface area (Å²) in [5.74, 6) is 1.11. The Morgan fingerprint density at radius 3 is 2.57 bits per heavy atom. The highest BCUT2D eigenvalue weighted by Gasteiger charge is 2.26. The van der Waals surface area contributed by atoms with Gasteiger partial charge in [0.2, 0.25) is 0 Å². The first-order chi connectivity index (χ1) is 6.52. The predicted molar refractivity (Wildman–Crippen MR) is 59.3 cm³/mol. The smallest absolute Gasteiger partial charge is 0.146 e. The molecular weight excluding hydrogens is 174 g/mol. The molecule has 1 aliphatic rings. The third kappa shape index (κ3) is 2.81. The maximum absolute atomic E-state index is 11.3.